The molecule has 0 bridgehead atoms. The Morgan fingerprint density at radius 1 is 1.35 bits per heavy atom. The highest BCUT2D eigenvalue weighted by atomic mass is 16.5. The molecule has 0 aliphatic rings. The van der Waals surface area contributed by atoms with Crippen LogP contribution in [0, 0.1) is 0 Å². The van der Waals surface area contributed by atoms with Gasteiger partial charge >= 0.3 is 5.97 Å². The van der Waals surface area contributed by atoms with E-state index in [1.54, 1.807) is 36.1 Å². The van der Waals surface area contributed by atoms with Gasteiger partial charge in [0.1, 0.15) is 6.61 Å². The summed E-state index contributed by atoms with van der Waals surface area (Å²) < 4.78 is 17.2. The summed E-state index contributed by atoms with van der Waals surface area (Å²) >= 11 is 0. The second-order valence-corrected chi connectivity index (χ2v) is 4.50. The van der Waals surface area contributed by atoms with Gasteiger partial charge in [0.25, 0.3) is 0 Å². The van der Waals surface area contributed by atoms with Crippen molar-refractivity contribution in [3.63, 3.8) is 0 Å². The van der Waals surface area contributed by atoms with Gasteiger partial charge in [-0.05, 0) is 13.0 Å². The van der Waals surface area contributed by atoms with E-state index >= 15 is 0 Å². The van der Waals surface area contributed by atoms with Crippen LogP contribution in [-0.4, -0.2) is 53.7 Å². The molecule has 0 unspecified atom stereocenters. The highest BCUT2D eigenvalue weighted by Gasteiger charge is 2.10. The van der Waals surface area contributed by atoms with Gasteiger partial charge in [0.2, 0.25) is 5.88 Å². The first kappa shape index (κ1) is 16.9. The lowest BCUT2D eigenvalue weighted by molar-refractivity contribution is 0.0526. The van der Waals surface area contributed by atoms with E-state index in [0.717, 1.165) is 5.69 Å². The van der Waals surface area contributed by atoms with Crippen molar-refractivity contribution in [3.05, 3.63) is 36.3 Å². The average molecular weight is 320 g/mol. The predicted molar refractivity (Wildman–Crippen MR) is 82.7 cm³/mol. The molecule has 2 rings (SSSR count). The lowest BCUT2D eigenvalue weighted by Gasteiger charge is -2.07. The number of ether oxygens (including phenoxy) is 3. The third-order valence-electron chi connectivity index (χ3n) is 2.82. The standard InChI is InChI=1S/C15H20N4O4/c1-2-22-15(20)12-10-18-19(11-12)13-3-5-17-14(9-13)23-8-7-21-6-4-16/h3,5,9-11H,2,4,6-8,16H2,1H3. The molecule has 2 N–H and O–H groups in total. The van der Waals surface area contributed by atoms with Gasteiger partial charge in [-0.1, -0.05) is 0 Å². The fourth-order valence-corrected chi connectivity index (χ4v) is 1.79. The maximum absolute atomic E-state index is 11.6. The topological polar surface area (TPSA) is 101 Å². The zero-order valence-electron chi connectivity index (χ0n) is 13.0. The number of nitrogens with zero attached hydrogens (tertiary/aromatic N) is 3. The van der Waals surface area contributed by atoms with Crippen LogP contribution in [0.15, 0.2) is 30.7 Å². The molecular weight excluding hydrogens is 300 g/mol. The van der Waals surface area contributed by atoms with E-state index in [4.69, 9.17) is 19.9 Å². The minimum Gasteiger partial charge on any atom is -0.475 e. The number of aromatic nitrogens is 3. The van der Waals surface area contributed by atoms with Crippen LogP contribution in [0.2, 0.25) is 0 Å². The molecule has 0 saturated heterocycles. The summed E-state index contributed by atoms with van der Waals surface area (Å²) in [4.78, 5) is 15.8. The van der Waals surface area contributed by atoms with Gasteiger partial charge in [-0.3, -0.25) is 0 Å². The van der Waals surface area contributed by atoms with Gasteiger partial charge < -0.3 is 19.9 Å². The Morgan fingerprint density at radius 3 is 3.00 bits per heavy atom. The van der Waals surface area contributed by atoms with E-state index in [1.807, 2.05) is 0 Å². The van der Waals surface area contributed by atoms with E-state index in [2.05, 4.69) is 10.1 Å². The van der Waals surface area contributed by atoms with Crippen LogP contribution >= 0.6 is 0 Å². The van der Waals surface area contributed by atoms with Gasteiger partial charge in [-0.2, -0.15) is 5.10 Å². The Hall–Kier alpha value is -2.45. The van der Waals surface area contributed by atoms with Crippen molar-refractivity contribution in [2.75, 3.05) is 33.0 Å². The van der Waals surface area contributed by atoms with E-state index in [9.17, 15) is 4.79 Å². The SMILES string of the molecule is CCOC(=O)c1cnn(-c2ccnc(OCCOCCN)c2)c1. The van der Waals surface area contributed by atoms with Gasteiger partial charge in [0.05, 0.1) is 37.3 Å². The van der Waals surface area contributed by atoms with E-state index in [1.165, 1.54) is 6.20 Å². The number of carbonyl (C=O) groups excluding carboxylic acids is 1. The number of pyridine rings is 1. The van der Waals surface area contributed by atoms with Crippen LogP contribution in [0.25, 0.3) is 5.69 Å². The van der Waals surface area contributed by atoms with Crippen LogP contribution in [0.3, 0.4) is 0 Å². The summed E-state index contributed by atoms with van der Waals surface area (Å²) in [6.07, 6.45) is 4.66. The molecular formula is C15H20N4O4. The summed E-state index contributed by atoms with van der Waals surface area (Å²) in [6.45, 7) is 3.88. The smallest absolute Gasteiger partial charge is 0.341 e. The molecule has 0 amide bonds. The fourth-order valence-electron chi connectivity index (χ4n) is 1.79. The molecule has 0 saturated carbocycles. The highest BCUT2D eigenvalue weighted by Crippen LogP contribution is 2.14. The van der Waals surface area contributed by atoms with Crippen LogP contribution in [0.5, 0.6) is 5.88 Å². The van der Waals surface area contributed by atoms with Crippen LogP contribution in [0.1, 0.15) is 17.3 Å². The number of nitrogens with two attached hydrogens (primary N) is 1. The molecule has 8 nitrogen and oxygen atoms in total. The molecule has 0 fully saturated rings. The Balaban J connectivity index is 1.98. The molecule has 23 heavy (non-hydrogen) atoms. The number of hydrogen-bond donors (Lipinski definition) is 1. The Kier molecular flexibility index (Phi) is 6.52. The third-order valence-corrected chi connectivity index (χ3v) is 2.82. The summed E-state index contributed by atoms with van der Waals surface area (Å²) in [5.41, 5.74) is 6.45. The lowest BCUT2D eigenvalue weighted by atomic mass is 10.3. The van der Waals surface area contributed by atoms with Crippen molar-refractivity contribution in [3.8, 4) is 11.6 Å². The summed E-state index contributed by atoms with van der Waals surface area (Å²) in [7, 11) is 0. The Labute approximate surface area is 134 Å². The van der Waals surface area contributed by atoms with Crippen molar-refractivity contribution < 1.29 is 19.0 Å². The minimum atomic E-state index is -0.402. The Morgan fingerprint density at radius 2 is 2.22 bits per heavy atom. The van der Waals surface area contributed by atoms with E-state index < -0.39 is 5.97 Å². The van der Waals surface area contributed by atoms with Crippen molar-refractivity contribution >= 4 is 5.97 Å². The zero-order valence-corrected chi connectivity index (χ0v) is 13.0. The van der Waals surface area contributed by atoms with E-state index in [-0.39, 0.29) is 0 Å². The fraction of sp³-hybridized carbons (Fsp3) is 0.400. The highest BCUT2D eigenvalue weighted by molar-refractivity contribution is 5.88. The number of rotatable bonds is 9. The minimum absolute atomic E-state index is 0.323. The molecule has 2 aromatic heterocycles. The quantitative estimate of drug-likeness (QED) is 0.538. The Bertz CT molecular complexity index is 629. The first-order valence-corrected chi connectivity index (χ1v) is 7.33. The van der Waals surface area contributed by atoms with Gasteiger partial charge in [-0.15, -0.1) is 0 Å². The molecule has 0 aliphatic heterocycles. The monoisotopic (exact) mass is 320 g/mol. The number of carbonyl (C=O) groups is 1. The summed E-state index contributed by atoms with van der Waals surface area (Å²) in [5.74, 6) is 0.0494. The zero-order chi connectivity index (χ0) is 16.5. The van der Waals surface area contributed by atoms with Crippen LogP contribution in [0.4, 0.5) is 0 Å². The third kappa shape index (κ3) is 5.04. The van der Waals surface area contributed by atoms with Gasteiger partial charge in [0, 0.05) is 25.0 Å². The van der Waals surface area contributed by atoms with Crippen molar-refractivity contribution in [1.82, 2.24) is 14.8 Å². The predicted octanol–water partition coefficient (Wildman–Crippen LogP) is 0.798. The molecule has 8 heteroatoms. The van der Waals surface area contributed by atoms with Crippen LogP contribution in [-0.2, 0) is 9.47 Å². The summed E-state index contributed by atoms with van der Waals surface area (Å²) in [6, 6.07) is 3.49. The molecule has 0 atom stereocenters. The number of hydrogen-bond acceptors (Lipinski definition) is 7. The molecule has 0 spiro atoms. The number of esters is 1. The molecule has 0 aliphatic carbocycles. The van der Waals surface area contributed by atoms with Crippen LogP contribution < -0.4 is 10.5 Å². The van der Waals surface area contributed by atoms with Gasteiger partial charge in [0.15, 0.2) is 0 Å². The van der Waals surface area contributed by atoms with Crippen molar-refractivity contribution in [1.29, 1.82) is 0 Å². The second kappa shape index (κ2) is 8.86. The van der Waals surface area contributed by atoms with Gasteiger partial charge in [-0.25, -0.2) is 14.5 Å². The summed E-state index contributed by atoms with van der Waals surface area (Å²) in [5, 5.41) is 4.15. The molecule has 2 aromatic rings. The van der Waals surface area contributed by atoms with E-state index in [0.29, 0.717) is 44.4 Å². The first-order chi connectivity index (χ1) is 11.2. The van der Waals surface area contributed by atoms with Crippen molar-refractivity contribution in [2.45, 2.75) is 6.92 Å². The first-order valence-electron chi connectivity index (χ1n) is 7.33. The lowest BCUT2D eigenvalue weighted by Crippen LogP contribution is -2.13. The molecule has 2 heterocycles. The molecule has 0 aromatic carbocycles. The maximum atomic E-state index is 11.6. The normalized spacial score (nSPS) is 10.5. The van der Waals surface area contributed by atoms with Crippen molar-refractivity contribution in [2.24, 2.45) is 5.73 Å². The second-order valence-electron chi connectivity index (χ2n) is 4.50. The maximum Gasteiger partial charge on any atom is 0.341 e. The average Bonchev–Trinajstić information content (AvgIpc) is 3.05. The largest absolute Gasteiger partial charge is 0.475 e. The molecule has 0 radical (unpaired) electrons. The molecule has 124 valence electrons.